The smallest absolute Gasteiger partial charge is 0.123 e. The second-order valence-corrected chi connectivity index (χ2v) is 25.3. The summed E-state index contributed by atoms with van der Waals surface area (Å²) in [5.41, 5.74) is 8.56. The second kappa shape index (κ2) is 16.8. The molecule has 4 rings (SSSR count). The zero-order valence-corrected chi connectivity index (χ0v) is 40.8. The fourth-order valence-electron chi connectivity index (χ4n) is 7.09. The molecule has 0 heterocycles. The Morgan fingerprint density at radius 3 is 0.596 bits per heavy atom. The normalized spacial score (nSPS) is 13.4. The zero-order chi connectivity index (χ0) is 43.3. The maximum absolute atomic E-state index is 11.4. The molecule has 0 saturated carbocycles. The van der Waals surface area contributed by atoms with Gasteiger partial charge in [-0.25, -0.2) is 0 Å². The summed E-state index contributed by atoms with van der Waals surface area (Å²) in [6, 6.07) is 20.2. The van der Waals surface area contributed by atoms with Crippen LogP contribution >= 0.6 is 35.3 Å². The fraction of sp³-hybridized carbons (Fsp3) is 0.529. The Kier molecular flexibility index (Phi) is 13.8. The van der Waals surface area contributed by atoms with Crippen molar-refractivity contribution in [1.82, 2.24) is 0 Å². The lowest BCUT2D eigenvalue weighted by Crippen LogP contribution is -2.17. The minimum atomic E-state index is -0.190. The van der Waals surface area contributed by atoms with E-state index in [0.29, 0.717) is 17.2 Å². The minimum absolute atomic E-state index is 0.190. The first kappa shape index (κ1) is 47.0. The van der Waals surface area contributed by atoms with E-state index in [0.717, 1.165) is 50.6 Å². The van der Waals surface area contributed by atoms with Crippen LogP contribution in [0.15, 0.2) is 69.3 Å². The molecule has 0 fully saturated rings. The molecule has 3 N–H and O–H groups in total. The number of aromatic hydroxyl groups is 3. The fourth-order valence-corrected chi connectivity index (χ4v) is 9.80. The number of thioether (sulfide) groups is 3. The van der Waals surface area contributed by atoms with Gasteiger partial charge in [-0.15, -0.1) is 35.3 Å². The van der Waals surface area contributed by atoms with E-state index < -0.39 is 0 Å². The molecule has 0 aromatic heterocycles. The van der Waals surface area contributed by atoms with Gasteiger partial charge >= 0.3 is 0 Å². The van der Waals surface area contributed by atoms with Crippen molar-refractivity contribution in [2.75, 3.05) is 0 Å². The maximum atomic E-state index is 11.4. The Morgan fingerprint density at radius 1 is 0.298 bits per heavy atom. The SMILES string of the molecule is CC(C)(C)c1cc(SCc2cc(CSc3cc(C(C)(C)C)c(O)c(C(C)(C)C)c3)cc(CSc3cc(C(C)(C)C)c(O)c(C(C)(C)C)c3)c2)cc(C(C)(C)C)c1O. The van der Waals surface area contributed by atoms with Crippen LogP contribution in [0.4, 0.5) is 0 Å². The number of phenolic OH excluding ortho intramolecular Hbond substituents is 3. The van der Waals surface area contributed by atoms with Crippen molar-refractivity contribution in [2.45, 2.75) is 189 Å². The molecule has 312 valence electrons. The summed E-state index contributed by atoms with van der Waals surface area (Å²) in [5.74, 6) is 3.64. The van der Waals surface area contributed by atoms with Crippen molar-refractivity contribution in [3.05, 3.63) is 105 Å². The molecule has 0 bridgehead atoms. The van der Waals surface area contributed by atoms with Crippen LogP contribution in [0.25, 0.3) is 0 Å². The highest BCUT2D eigenvalue weighted by Crippen LogP contribution is 2.46. The quantitative estimate of drug-likeness (QED) is 0.146. The largest absolute Gasteiger partial charge is 0.507 e. The molecule has 3 nitrogen and oxygen atoms in total. The standard InChI is InChI=1S/C51H72O3S3/c1-46(2,3)37-22-34(23-38(43(37)52)47(4,5)6)55-28-31-19-32(29-56-35-24-39(48(7,8)9)44(53)40(25-35)49(10,11)12)21-33(20-31)30-57-36-26-41(50(13,14)15)45(54)42(27-36)51(16,17)18/h19-27,52-54H,28-30H2,1-18H3. The predicted molar refractivity (Wildman–Crippen MR) is 252 cm³/mol. The highest BCUT2D eigenvalue weighted by atomic mass is 32.2. The first-order valence-corrected chi connectivity index (χ1v) is 23.4. The number of benzene rings is 4. The predicted octanol–water partition coefficient (Wildman–Crippen LogP) is 15.5. The lowest BCUT2D eigenvalue weighted by Gasteiger charge is -2.28. The van der Waals surface area contributed by atoms with Crippen LogP contribution < -0.4 is 0 Å². The van der Waals surface area contributed by atoms with E-state index in [1.54, 1.807) is 0 Å². The molecule has 57 heavy (non-hydrogen) atoms. The Balaban J connectivity index is 1.77. The van der Waals surface area contributed by atoms with Crippen molar-refractivity contribution in [3.63, 3.8) is 0 Å². The van der Waals surface area contributed by atoms with Crippen molar-refractivity contribution in [2.24, 2.45) is 0 Å². The number of rotatable bonds is 9. The topological polar surface area (TPSA) is 60.7 Å². The van der Waals surface area contributed by atoms with Gasteiger partial charge in [-0.1, -0.05) is 143 Å². The molecule has 0 spiro atoms. The maximum Gasteiger partial charge on any atom is 0.123 e. The summed E-state index contributed by atoms with van der Waals surface area (Å²) < 4.78 is 0. The van der Waals surface area contributed by atoms with Gasteiger partial charge in [0.05, 0.1) is 0 Å². The highest BCUT2D eigenvalue weighted by molar-refractivity contribution is 7.99. The van der Waals surface area contributed by atoms with E-state index in [-0.39, 0.29) is 32.5 Å². The summed E-state index contributed by atoms with van der Waals surface area (Å²) in [5, 5.41) is 34.2. The molecular weight excluding hydrogens is 757 g/mol. The van der Waals surface area contributed by atoms with Gasteiger partial charge in [0.2, 0.25) is 0 Å². The Hall–Kier alpha value is -2.67. The van der Waals surface area contributed by atoms with Crippen molar-refractivity contribution in [1.29, 1.82) is 0 Å². The third-order valence-electron chi connectivity index (χ3n) is 10.4. The lowest BCUT2D eigenvalue weighted by atomic mass is 9.79. The molecule has 4 aromatic carbocycles. The van der Waals surface area contributed by atoms with Gasteiger partial charge in [0.15, 0.2) is 0 Å². The highest BCUT2D eigenvalue weighted by Gasteiger charge is 2.29. The average molecular weight is 829 g/mol. The molecule has 0 aliphatic heterocycles. The summed E-state index contributed by atoms with van der Waals surface area (Å²) >= 11 is 5.49. The summed E-state index contributed by atoms with van der Waals surface area (Å²) in [6.45, 7) is 39.0. The van der Waals surface area contributed by atoms with Gasteiger partial charge in [0.1, 0.15) is 17.2 Å². The van der Waals surface area contributed by atoms with E-state index in [4.69, 9.17) is 0 Å². The lowest BCUT2D eigenvalue weighted by molar-refractivity contribution is 0.421. The van der Waals surface area contributed by atoms with Crippen LogP contribution in [0.1, 0.15) is 175 Å². The summed E-state index contributed by atoms with van der Waals surface area (Å²) in [4.78, 5) is 3.50. The number of hydrogen-bond acceptors (Lipinski definition) is 6. The minimum Gasteiger partial charge on any atom is -0.507 e. The van der Waals surface area contributed by atoms with Crippen LogP contribution in [0.5, 0.6) is 17.2 Å². The van der Waals surface area contributed by atoms with E-state index in [2.05, 4.69) is 179 Å². The first-order chi connectivity index (χ1) is 25.8. The molecule has 0 aliphatic rings. The van der Waals surface area contributed by atoms with E-state index in [1.165, 1.54) is 31.4 Å². The molecule has 0 radical (unpaired) electrons. The molecule has 0 saturated heterocycles. The van der Waals surface area contributed by atoms with Crippen LogP contribution in [0.2, 0.25) is 0 Å². The molecule has 0 aliphatic carbocycles. The third kappa shape index (κ3) is 12.0. The average Bonchev–Trinajstić information content (AvgIpc) is 3.03. The van der Waals surface area contributed by atoms with Gasteiger partial charge in [-0.2, -0.15) is 0 Å². The summed E-state index contributed by atoms with van der Waals surface area (Å²) in [7, 11) is 0. The van der Waals surface area contributed by atoms with Gasteiger partial charge in [0, 0.05) is 65.3 Å². The molecule has 0 amide bonds. The van der Waals surface area contributed by atoms with Crippen LogP contribution in [-0.4, -0.2) is 15.3 Å². The van der Waals surface area contributed by atoms with Crippen LogP contribution in [0, 0.1) is 0 Å². The molecule has 4 aromatic rings. The number of phenols is 3. The molecule has 6 heteroatoms. The molecule has 0 atom stereocenters. The monoisotopic (exact) mass is 828 g/mol. The van der Waals surface area contributed by atoms with Gasteiger partial charge in [-0.3, -0.25) is 0 Å². The van der Waals surface area contributed by atoms with Crippen molar-refractivity contribution >= 4 is 35.3 Å². The second-order valence-electron chi connectivity index (χ2n) is 22.1. The van der Waals surface area contributed by atoms with Crippen molar-refractivity contribution < 1.29 is 15.3 Å². The Labute approximate surface area is 359 Å². The van der Waals surface area contributed by atoms with Crippen LogP contribution in [-0.2, 0) is 49.7 Å². The van der Waals surface area contributed by atoms with Crippen LogP contribution in [0.3, 0.4) is 0 Å². The summed E-state index contributed by atoms with van der Waals surface area (Å²) in [6.07, 6.45) is 0. The Morgan fingerprint density at radius 2 is 0.456 bits per heavy atom. The zero-order valence-electron chi connectivity index (χ0n) is 38.4. The van der Waals surface area contributed by atoms with Gasteiger partial charge < -0.3 is 15.3 Å². The first-order valence-electron chi connectivity index (χ1n) is 20.4. The Bertz CT molecular complexity index is 1710. The third-order valence-corrected chi connectivity index (χ3v) is 13.6. The molecule has 0 unspecified atom stereocenters. The number of hydrogen-bond donors (Lipinski definition) is 3. The van der Waals surface area contributed by atoms with Crippen molar-refractivity contribution in [3.8, 4) is 17.2 Å². The molecular formula is C51H72O3S3. The van der Waals surface area contributed by atoms with E-state index in [1.807, 2.05) is 35.3 Å². The van der Waals surface area contributed by atoms with Gasteiger partial charge in [0.25, 0.3) is 0 Å². The van der Waals surface area contributed by atoms with E-state index in [9.17, 15) is 15.3 Å². The van der Waals surface area contributed by atoms with E-state index >= 15 is 0 Å². The van der Waals surface area contributed by atoms with Gasteiger partial charge in [-0.05, 0) is 85.6 Å².